The quantitative estimate of drug-likeness (QED) is 0.493. The average Bonchev–Trinajstić information content (AvgIpc) is 3.05. The van der Waals surface area contributed by atoms with Crippen LogP contribution in [0.1, 0.15) is 29.1 Å². The average molecular weight is 352 g/mol. The number of aromatic nitrogens is 2. The SMILES string of the molecule is O=C(Cn1nc(C(F)F)cc1C(F)F)NN=Cc1ccc(F)s1. The number of thiophene rings is 1. The van der Waals surface area contributed by atoms with Crippen LogP contribution in [0.2, 0.25) is 0 Å². The molecule has 0 saturated heterocycles. The number of nitrogens with zero attached hydrogens (tertiary/aromatic N) is 3. The Morgan fingerprint density at radius 2 is 2.09 bits per heavy atom. The van der Waals surface area contributed by atoms with E-state index in [9.17, 15) is 26.7 Å². The number of nitrogens with one attached hydrogen (secondary N) is 1. The third kappa shape index (κ3) is 4.58. The highest BCUT2D eigenvalue weighted by Gasteiger charge is 2.22. The molecule has 0 bridgehead atoms. The topological polar surface area (TPSA) is 59.3 Å². The minimum atomic E-state index is -3.06. The zero-order chi connectivity index (χ0) is 17.0. The summed E-state index contributed by atoms with van der Waals surface area (Å²) >= 11 is 0.789. The zero-order valence-electron chi connectivity index (χ0n) is 11.2. The van der Waals surface area contributed by atoms with E-state index in [-0.39, 0.29) is 0 Å². The first kappa shape index (κ1) is 17.1. The van der Waals surface area contributed by atoms with Crippen LogP contribution in [0.3, 0.4) is 0 Å². The normalized spacial score (nSPS) is 11.8. The number of halogens is 5. The van der Waals surface area contributed by atoms with Gasteiger partial charge in [0.2, 0.25) is 0 Å². The maximum Gasteiger partial charge on any atom is 0.282 e. The first-order valence-corrected chi connectivity index (χ1v) is 6.89. The standard InChI is InChI=1S/C12H9F5N4OS/c13-9-2-1-6(23-9)4-18-19-10(22)5-21-8(12(16)17)3-7(20-21)11(14)15/h1-4,11-12H,5H2,(H,19,22). The van der Waals surface area contributed by atoms with Gasteiger partial charge in [0.25, 0.3) is 18.8 Å². The third-order valence-corrected chi connectivity index (χ3v) is 3.35. The molecular formula is C12H9F5N4OS. The van der Waals surface area contributed by atoms with Crippen LogP contribution in [0.4, 0.5) is 22.0 Å². The summed E-state index contributed by atoms with van der Waals surface area (Å²) in [5.74, 6) is -0.843. The number of hydrogen-bond donors (Lipinski definition) is 1. The maximum absolute atomic E-state index is 12.7. The first-order chi connectivity index (χ1) is 10.9. The molecule has 0 fully saturated rings. The van der Waals surface area contributed by atoms with Crippen molar-refractivity contribution in [2.24, 2.45) is 5.10 Å². The molecule has 23 heavy (non-hydrogen) atoms. The van der Waals surface area contributed by atoms with E-state index in [1.54, 1.807) is 0 Å². The Morgan fingerprint density at radius 1 is 1.35 bits per heavy atom. The molecule has 0 aliphatic carbocycles. The lowest BCUT2D eigenvalue weighted by Crippen LogP contribution is -2.25. The molecule has 0 aromatic carbocycles. The van der Waals surface area contributed by atoms with Crippen LogP contribution >= 0.6 is 11.3 Å². The van der Waals surface area contributed by atoms with Gasteiger partial charge in [-0.2, -0.15) is 14.6 Å². The molecule has 124 valence electrons. The van der Waals surface area contributed by atoms with Crippen LogP contribution in [0.15, 0.2) is 23.3 Å². The summed E-state index contributed by atoms with van der Waals surface area (Å²) in [5, 5.41) is 6.34. The Morgan fingerprint density at radius 3 is 2.65 bits per heavy atom. The molecule has 0 aliphatic heterocycles. The van der Waals surface area contributed by atoms with E-state index in [0.29, 0.717) is 15.6 Å². The fourth-order valence-electron chi connectivity index (χ4n) is 1.60. The number of amides is 1. The predicted molar refractivity (Wildman–Crippen MR) is 72.2 cm³/mol. The Labute approximate surface area is 130 Å². The predicted octanol–water partition coefficient (Wildman–Crippen LogP) is 3.11. The summed E-state index contributed by atoms with van der Waals surface area (Å²) in [5.41, 5.74) is 0.381. The van der Waals surface area contributed by atoms with Gasteiger partial charge in [0, 0.05) is 0 Å². The summed E-state index contributed by atoms with van der Waals surface area (Å²) < 4.78 is 63.6. The summed E-state index contributed by atoms with van der Waals surface area (Å²) in [6, 6.07) is 3.17. The van der Waals surface area contributed by atoms with Gasteiger partial charge in [0.1, 0.15) is 17.9 Å². The van der Waals surface area contributed by atoms with Gasteiger partial charge in [-0.1, -0.05) is 0 Å². The number of rotatable bonds is 6. The fraction of sp³-hybridized carbons (Fsp3) is 0.250. The van der Waals surface area contributed by atoms with E-state index < -0.39 is 41.8 Å². The molecule has 1 amide bonds. The van der Waals surface area contributed by atoms with Gasteiger partial charge in [-0.25, -0.2) is 23.0 Å². The van der Waals surface area contributed by atoms with Crippen LogP contribution in [-0.2, 0) is 11.3 Å². The second-order valence-corrected chi connectivity index (χ2v) is 5.25. The fourth-order valence-corrected chi connectivity index (χ4v) is 2.20. The van der Waals surface area contributed by atoms with Gasteiger partial charge in [-0.05, 0) is 18.2 Å². The Balaban J connectivity index is 2.00. The third-order valence-electron chi connectivity index (χ3n) is 2.55. The van der Waals surface area contributed by atoms with Crippen molar-refractivity contribution in [2.45, 2.75) is 19.4 Å². The lowest BCUT2D eigenvalue weighted by Gasteiger charge is -2.05. The van der Waals surface area contributed by atoms with Crippen LogP contribution in [-0.4, -0.2) is 21.9 Å². The molecule has 0 atom stereocenters. The first-order valence-electron chi connectivity index (χ1n) is 6.08. The summed E-state index contributed by atoms with van der Waals surface area (Å²) in [6.07, 6.45) is -4.92. The van der Waals surface area contributed by atoms with Crippen molar-refractivity contribution in [3.8, 4) is 0 Å². The summed E-state index contributed by atoms with van der Waals surface area (Å²) in [4.78, 5) is 12.0. The maximum atomic E-state index is 12.7. The zero-order valence-corrected chi connectivity index (χ0v) is 12.0. The van der Waals surface area contributed by atoms with Crippen molar-refractivity contribution in [2.75, 3.05) is 0 Å². The van der Waals surface area contributed by atoms with Crippen molar-refractivity contribution in [3.05, 3.63) is 39.6 Å². The number of hydrogen-bond acceptors (Lipinski definition) is 4. The van der Waals surface area contributed by atoms with Gasteiger partial charge < -0.3 is 0 Å². The van der Waals surface area contributed by atoms with Crippen LogP contribution in [0, 0.1) is 5.13 Å². The molecule has 0 radical (unpaired) electrons. The number of hydrazone groups is 1. The van der Waals surface area contributed by atoms with Gasteiger partial charge in [-0.3, -0.25) is 9.48 Å². The lowest BCUT2D eigenvalue weighted by molar-refractivity contribution is -0.121. The van der Waals surface area contributed by atoms with E-state index in [4.69, 9.17) is 0 Å². The molecule has 0 saturated carbocycles. The Hall–Kier alpha value is -2.30. The highest BCUT2D eigenvalue weighted by molar-refractivity contribution is 7.12. The summed E-state index contributed by atoms with van der Waals surface area (Å²) in [6.45, 7) is -0.706. The second kappa shape index (κ2) is 7.31. The highest BCUT2D eigenvalue weighted by atomic mass is 32.1. The number of carbonyl (C=O) groups excluding carboxylic acids is 1. The van der Waals surface area contributed by atoms with E-state index in [1.807, 2.05) is 5.43 Å². The second-order valence-electron chi connectivity index (χ2n) is 4.19. The molecule has 2 heterocycles. The van der Waals surface area contributed by atoms with Crippen molar-refractivity contribution in [1.82, 2.24) is 15.2 Å². The Kier molecular flexibility index (Phi) is 5.42. The monoisotopic (exact) mass is 352 g/mol. The Bertz CT molecular complexity index is 712. The highest BCUT2D eigenvalue weighted by Crippen LogP contribution is 2.24. The van der Waals surface area contributed by atoms with Gasteiger partial charge in [0.05, 0.1) is 11.1 Å². The molecular weight excluding hydrogens is 343 g/mol. The molecule has 11 heteroatoms. The van der Waals surface area contributed by atoms with Crippen molar-refractivity contribution in [1.29, 1.82) is 0 Å². The van der Waals surface area contributed by atoms with E-state index in [2.05, 4.69) is 10.2 Å². The van der Waals surface area contributed by atoms with E-state index in [1.165, 1.54) is 12.1 Å². The van der Waals surface area contributed by atoms with Crippen molar-refractivity contribution < 1.29 is 26.7 Å². The van der Waals surface area contributed by atoms with Crippen LogP contribution in [0.25, 0.3) is 0 Å². The number of alkyl halides is 4. The van der Waals surface area contributed by atoms with Crippen LogP contribution in [0.5, 0.6) is 0 Å². The molecule has 2 aromatic heterocycles. The van der Waals surface area contributed by atoms with Gasteiger partial charge >= 0.3 is 0 Å². The van der Waals surface area contributed by atoms with Gasteiger partial charge in [0.15, 0.2) is 5.13 Å². The molecule has 2 rings (SSSR count). The van der Waals surface area contributed by atoms with E-state index in [0.717, 1.165) is 17.6 Å². The smallest absolute Gasteiger partial charge is 0.271 e. The molecule has 0 aliphatic rings. The largest absolute Gasteiger partial charge is 0.282 e. The van der Waals surface area contributed by atoms with Crippen molar-refractivity contribution >= 4 is 23.5 Å². The lowest BCUT2D eigenvalue weighted by atomic mass is 10.3. The molecule has 0 spiro atoms. The molecule has 2 aromatic rings. The minimum Gasteiger partial charge on any atom is -0.271 e. The molecule has 1 N–H and O–H groups in total. The van der Waals surface area contributed by atoms with E-state index >= 15 is 0 Å². The molecule has 5 nitrogen and oxygen atoms in total. The van der Waals surface area contributed by atoms with Gasteiger partial charge in [-0.15, -0.1) is 11.3 Å². The number of carbonyl (C=O) groups is 1. The summed E-state index contributed by atoms with van der Waals surface area (Å²) in [7, 11) is 0. The van der Waals surface area contributed by atoms with Crippen LogP contribution < -0.4 is 5.43 Å². The minimum absolute atomic E-state index is 0.426. The van der Waals surface area contributed by atoms with Crippen molar-refractivity contribution in [3.63, 3.8) is 0 Å². The molecule has 0 unspecified atom stereocenters.